The molecule has 184 valence electrons. The third-order valence-corrected chi connectivity index (χ3v) is 6.57. The molecule has 1 fully saturated rings. The Kier molecular flexibility index (Phi) is 10.00. The van der Waals surface area contributed by atoms with E-state index in [1.807, 2.05) is 47.2 Å². The lowest BCUT2D eigenvalue weighted by Gasteiger charge is -2.03. The zero-order valence-corrected chi connectivity index (χ0v) is 21.2. The van der Waals surface area contributed by atoms with E-state index >= 15 is 0 Å². The highest BCUT2D eigenvalue weighted by Crippen LogP contribution is 2.31. The average Bonchev–Trinajstić information content (AvgIpc) is 3.22. The van der Waals surface area contributed by atoms with Crippen LogP contribution in [0, 0.1) is 5.92 Å². The van der Waals surface area contributed by atoms with Crippen molar-refractivity contribution in [2.45, 2.75) is 39.0 Å². The van der Waals surface area contributed by atoms with E-state index in [4.69, 9.17) is 11.5 Å². The number of thiophene rings is 2. The summed E-state index contributed by atoms with van der Waals surface area (Å²) in [5.74, 6) is 1.45. The summed E-state index contributed by atoms with van der Waals surface area (Å²) in [5, 5.41) is 17.4. The predicted octanol–water partition coefficient (Wildman–Crippen LogP) is 3.74. The molecule has 2 amide bonds. The molecule has 35 heavy (non-hydrogen) atoms. The quantitative estimate of drug-likeness (QED) is 0.324. The summed E-state index contributed by atoms with van der Waals surface area (Å²) >= 11 is 3.12. The van der Waals surface area contributed by atoms with Crippen LogP contribution in [0.15, 0.2) is 70.8 Å². The van der Waals surface area contributed by atoms with Gasteiger partial charge < -0.3 is 22.1 Å². The smallest absolute Gasteiger partial charge is 0.230 e. The van der Waals surface area contributed by atoms with Gasteiger partial charge in [-0.3, -0.25) is 9.59 Å². The van der Waals surface area contributed by atoms with Crippen LogP contribution in [0.25, 0.3) is 0 Å². The first-order valence-corrected chi connectivity index (χ1v) is 13.0. The van der Waals surface area contributed by atoms with Crippen molar-refractivity contribution in [3.63, 3.8) is 0 Å². The summed E-state index contributed by atoms with van der Waals surface area (Å²) in [6, 6.07) is 11.5. The first kappa shape index (κ1) is 26.1. The van der Waals surface area contributed by atoms with Crippen molar-refractivity contribution >= 4 is 40.3 Å². The minimum absolute atomic E-state index is 0.0494. The topological polar surface area (TPSA) is 136 Å². The van der Waals surface area contributed by atoms with Crippen molar-refractivity contribution in [3.8, 4) is 0 Å². The molecule has 1 aliphatic rings. The molecule has 8 nitrogen and oxygen atoms in total. The van der Waals surface area contributed by atoms with Gasteiger partial charge in [0.25, 0.3) is 0 Å². The molecule has 1 aliphatic carbocycles. The van der Waals surface area contributed by atoms with Gasteiger partial charge in [-0.1, -0.05) is 12.1 Å². The lowest BCUT2D eigenvalue weighted by Crippen LogP contribution is -2.28. The molecule has 0 unspecified atom stereocenters. The first-order chi connectivity index (χ1) is 16.9. The number of carbonyl (C=O) groups excluding carboxylic acids is 2. The summed E-state index contributed by atoms with van der Waals surface area (Å²) in [7, 11) is 0. The molecule has 10 heteroatoms. The van der Waals surface area contributed by atoms with E-state index in [0.29, 0.717) is 30.2 Å². The fraction of sp³-hybridized carbons (Fsp3) is 0.280. The molecule has 4 rings (SSSR count). The molecule has 0 spiro atoms. The molecular weight excluding hydrogens is 480 g/mol. The van der Waals surface area contributed by atoms with Crippen LogP contribution < -0.4 is 22.1 Å². The van der Waals surface area contributed by atoms with Gasteiger partial charge in [0.05, 0.1) is 18.5 Å². The Hall–Kier alpha value is -3.50. The number of rotatable bonds is 9. The van der Waals surface area contributed by atoms with Crippen LogP contribution in [0.5, 0.6) is 0 Å². The summed E-state index contributed by atoms with van der Waals surface area (Å²) in [4.78, 5) is 25.3. The van der Waals surface area contributed by atoms with E-state index in [9.17, 15) is 9.59 Å². The van der Waals surface area contributed by atoms with Gasteiger partial charge in [-0.2, -0.15) is 5.10 Å². The van der Waals surface area contributed by atoms with Crippen LogP contribution >= 0.6 is 22.7 Å². The highest BCUT2D eigenvalue weighted by Gasteiger charge is 2.22. The molecule has 6 N–H and O–H groups in total. The molecule has 0 saturated heterocycles. The Labute approximate surface area is 213 Å². The second kappa shape index (κ2) is 13.4. The van der Waals surface area contributed by atoms with Crippen molar-refractivity contribution < 1.29 is 9.59 Å². The van der Waals surface area contributed by atoms with Crippen LogP contribution in [-0.2, 0) is 28.9 Å². The number of nitrogens with two attached hydrogens (primary N) is 2. The van der Waals surface area contributed by atoms with Gasteiger partial charge in [0.2, 0.25) is 11.8 Å². The average molecular weight is 511 g/mol. The summed E-state index contributed by atoms with van der Waals surface area (Å²) in [6.07, 6.45) is 7.57. The second-order valence-corrected chi connectivity index (χ2v) is 10.3. The van der Waals surface area contributed by atoms with Crippen LogP contribution in [0.3, 0.4) is 0 Å². The third-order valence-electron chi connectivity index (χ3n) is 4.82. The van der Waals surface area contributed by atoms with E-state index in [2.05, 4.69) is 20.8 Å². The van der Waals surface area contributed by atoms with E-state index in [1.54, 1.807) is 41.7 Å². The zero-order valence-electron chi connectivity index (χ0n) is 19.6. The number of hydrogen-bond acceptors (Lipinski definition) is 8. The molecule has 3 aromatic rings. The molecule has 0 bridgehead atoms. The number of hydrogen-bond donors (Lipinski definition) is 4. The maximum absolute atomic E-state index is 11.8. The second-order valence-electron chi connectivity index (χ2n) is 8.20. The van der Waals surface area contributed by atoms with E-state index in [1.165, 1.54) is 12.8 Å². The van der Waals surface area contributed by atoms with Gasteiger partial charge in [0.1, 0.15) is 5.82 Å². The number of carbonyl (C=O) groups is 2. The fourth-order valence-corrected chi connectivity index (χ4v) is 4.36. The SMILES string of the molecule is C/C(N)=C/C=C(\N)NC(=O)Cc1cccs1.O=C(Cc1cccs1)Nc1ccc(CC2CC2)nn1. The minimum atomic E-state index is -0.126. The number of aromatic nitrogens is 2. The van der Waals surface area contributed by atoms with Crippen LogP contribution in [0.1, 0.15) is 35.2 Å². The molecular formula is C25H30N6O2S2. The third kappa shape index (κ3) is 10.5. The number of allylic oxidation sites excluding steroid dienone is 3. The predicted molar refractivity (Wildman–Crippen MR) is 141 cm³/mol. The van der Waals surface area contributed by atoms with Gasteiger partial charge in [-0.25, -0.2) is 0 Å². The number of nitrogens with one attached hydrogen (secondary N) is 2. The highest BCUT2D eigenvalue weighted by molar-refractivity contribution is 7.10. The van der Waals surface area contributed by atoms with Gasteiger partial charge >= 0.3 is 0 Å². The van der Waals surface area contributed by atoms with Crippen LogP contribution in [0.4, 0.5) is 5.82 Å². The Morgan fingerprint density at radius 3 is 2.14 bits per heavy atom. The summed E-state index contributed by atoms with van der Waals surface area (Å²) in [6.45, 7) is 1.75. The van der Waals surface area contributed by atoms with Crippen molar-refractivity contribution in [3.05, 3.63) is 86.3 Å². The lowest BCUT2D eigenvalue weighted by atomic mass is 10.2. The maximum Gasteiger partial charge on any atom is 0.230 e. The highest BCUT2D eigenvalue weighted by atomic mass is 32.1. The monoisotopic (exact) mass is 510 g/mol. The Morgan fingerprint density at radius 1 is 0.971 bits per heavy atom. The van der Waals surface area contributed by atoms with Crippen molar-refractivity contribution in [2.24, 2.45) is 17.4 Å². The maximum atomic E-state index is 11.8. The van der Waals surface area contributed by atoms with Gasteiger partial charge in [0.15, 0.2) is 5.82 Å². The minimum Gasteiger partial charge on any atom is -0.402 e. The summed E-state index contributed by atoms with van der Waals surface area (Å²) < 4.78 is 0. The molecule has 3 aromatic heterocycles. The number of anilines is 1. The molecule has 0 atom stereocenters. The van der Waals surface area contributed by atoms with Crippen molar-refractivity contribution in [1.82, 2.24) is 15.5 Å². The van der Waals surface area contributed by atoms with Crippen LogP contribution in [-0.4, -0.2) is 22.0 Å². The zero-order chi connectivity index (χ0) is 25.0. The fourth-order valence-electron chi connectivity index (χ4n) is 2.95. The largest absolute Gasteiger partial charge is 0.402 e. The molecule has 1 saturated carbocycles. The molecule has 0 aliphatic heterocycles. The first-order valence-electron chi connectivity index (χ1n) is 11.2. The van der Waals surface area contributed by atoms with Gasteiger partial charge in [-0.05, 0) is 79.3 Å². The Balaban J connectivity index is 0.000000199. The standard InChI is InChI=1S/C14H15N3OS.C11H15N3OS/c18-14(9-12-2-1-7-19-12)15-13-6-5-11(16-17-13)8-10-3-4-10;1-8(12)4-5-10(13)14-11(15)7-9-3-2-6-16-9/h1-2,5-7,10H,3-4,8-9H2,(H,15,17,18);2-6H,7,12-13H2,1H3,(H,14,15)/b;8-4-,10-5+. The number of amides is 2. The normalized spacial score (nSPS) is 13.5. The van der Waals surface area contributed by atoms with Crippen molar-refractivity contribution in [1.29, 1.82) is 0 Å². The Bertz CT molecular complexity index is 1130. The van der Waals surface area contributed by atoms with Crippen molar-refractivity contribution in [2.75, 3.05) is 5.32 Å². The van der Waals surface area contributed by atoms with Crippen LogP contribution in [0.2, 0.25) is 0 Å². The van der Waals surface area contributed by atoms with Gasteiger partial charge in [0, 0.05) is 15.5 Å². The summed E-state index contributed by atoms with van der Waals surface area (Å²) in [5.41, 5.74) is 12.7. The molecule has 3 heterocycles. The van der Waals surface area contributed by atoms with E-state index in [0.717, 1.165) is 27.8 Å². The Morgan fingerprint density at radius 2 is 1.63 bits per heavy atom. The van der Waals surface area contributed by atoms with Gasteiger partial charge in [-0.15, -0.1) is 27.8 Å². The van der Waals surface area contributed by atoms with E-state index < -0.39 is 0 Å². The lowest BCUT2D eigenvalue weighted by molar-refractivity contribution is -0.119. The number of nitrogens with zero attached hydrogens (tertiary/aromatic N) is 2. The molecule has 0 aromatic carbocycles. The molecule has 0 radical (unpaired) electrons. The van der Waals surface area contributed by atoms with E-state index in [-0.39, 0.29) is 11.8 Å².